The Morgan fingerprint density at radius 1 is 1.53 bits per heavy atom. The van der Waals surface area contributed by atoms with Crippen LogP contribution >= 0.6 is 23.2 Å². The van der Waals surface area contributed by atoms with Crippen LogP contribution in [0.25, 0.3) is 0 Å². The standard InChI is InChI=1S/C12H14Cl2FNO/c1-2-8(6-7-13)16-12(17)9-4-3-5-10(14)11(9)15/h3-5,8H,2,6-7H2,1H3,(H,16,17). The van der Waals surface area contributed by atoms with Gasteiger partial charge in [-0.1, -0.05) is 24.6 Å². The molecule has 1 amide bonds. The average molecular weight is 278 g/mol. The van der Waals surface area contributed by atoms with Crippen LogP contribution < -0.4 is 5.32 Å². The Morgan fingerprint density at radius 2 is 2.24 bits per heavy atom. The maximum absolute atomic E-state index is 13.6. The van der Waals surface area contributed by atoms with Gasteiger partial charge in [0.2, 0.25) is 0 Å². The molecular formula is C12H14Cl2FNO. The fourth-order valence-electron chi connectivity index (χ4n) is 1.45. The smallest absolute Gasteiger partial charge is 0.254 e. The lowest BCUT2D eigenvalue weighted by atomic mass is 10.1. The second-order valence-corrected chi connectivity index (χ2v) is 4.44. The Labute approximate surface area is 110 Å². The highest BCUT2D eigenvalue weighted by molar-refractivity contribution is 6.31. The highest BCUT2D eigenvalue weighted by Crippen LogP contribution is 2.18. The number of nitrogens with one attached hydrogen (secondary N) is 1. The molecule has 0 bridgehead atoms. The lowest BCUT2D eigenvalue weighted by molar-refractivity contribution is 0.0931. The lowest BCUT2D eigenvalue weighted by Crippen LogP contribution is -2.35. The van der Waals surface area contributed by atoms with Crippen LogP contribution in [0.3, 0.4) is 0 Å². The quantitative estimate of drug-likeness (QED) is 0.819. The van der Waals surface area contributed by atoms with Gasteiger partial charge in [0.25, 0.3) is 5.91 Å². The Balaban J connectivity index is 2.79. The molecule has 0 aliphatic carbocycles. The summed E-state index contributed by atoms with van der Waals surface area (Å²) in [5, 5.41) is 2.68. The topological polar surface area (TPSA) is 29.1 Å². The largest absolute Gasteiger partial charge is 0.349 e. The van der Waals surface area contributed by atoms with Crippen molar-refractivity contribution in [1.82, 2.24) is 5.32 Å². The van der Waals surface area contributed by atoms with Gasteiger partial charge in [-0.05, 0) is 25.0 Å². The van der Waals surface area contributed by atoms with Gasteiger partial charge in [-0.25, -0.2) is 4.39 Å². The second-order valence-electron chi connectivity index (χ2n) is 3.66. The molecule has 94 valence electrons. The van der Waals surface area contributed by atoms with E-state index in [1.165, 1.54) is 12.1 Å². The predicted molar refractivity (Wildman–Crippen MR) is 68.3 cm³/mol. The van der Waals surface area contributed by atoms with E-state index in [-0.39, 0.29) is 16.6 Å². The van der Waals surface area contributed by atoms with Gasteiger partial charge in [0.15, 0.2) is 5.82 Å². The van der Waals surface area contributed by atoms with Gasteiger partial charge in [-0.3, -0.25) is 4.79 Å². The molecule has 0 aliphatic rings. The minimum absolute atomic E-state index is 0.0366. The average Bonchev–Trinajstić information content (AvgIpc) is 2.31. The van der Waals surface area contributed by atoms with Crippen molar-refractivity contribution in [3.8, 4) is 0 Å². The van der Waals surface area contributed by atoms with Crippen LogP contribution in [0, 0.1) is 5.82 Å². The lowest BCUT2D eigenvalue weighted by Gasteiger charge is -2.15. The molecule has 0 aromatic heterocycles. The molecule has 0 saturated carbocycles. The molecule has 17 heavy (non-hydrogen) atoms. The van der Waals surface area contributed by atoms with Gasteiger partial charge in [0, 0.05) is 11.9 Å². The van der Waals surface area contributed by atoms with Gasteiger partial charge in [0.05, 0.1) is 10.6 Å². The number of benzene rings is 1. The van der Waals surface area contributed by atoms with E-state index in [0.717, 1.165) is 6.42 Å². The maximum Gasteiger partial charge on any atom is 0.254 e. The molecule has 0 aliphatic heterocycles. The third kappa shape index (κ3) is 3.86. The van der Waals surface area contributed by atoms with Crippen LogP contribution in [0.4, 0.5) is 4.39 Å². The minimum atomic E-state index is -0.688. The van der Waals surface area contributed by atoms with E-state index >= 15 is 0 Å². The van der Waals surface area contributed by atoms with Crippen molar-refractivity contribution in [2.75, 3.05) is 5.88 Å². The van der Waals surface area contributed by atoms with Gasteiger partial charge in [0.1, 0.15) is 0 Å². The van der Waals surface area contributed by atoms with Gasteiger partial charge in [-0.2, -0.15) is 0 Å². The number of rotatable bonds is 5. The van der Waals surface area contributed by atoms with Crippen molar-refractivity contribution >= 4 is 29.1 Å². The number of halogens is 3. The SMILES string of the molecule is CCC(CCCl)NC(=O)c1cccc(Cl)c1F. The molecule has 0 fully saturated rings. The van der Waals surface area contributed by atoms with Crippen molar-refractivity contribution in [3.05, 3.63) is 34.6 Å². The second kappa shape index (κ2) is 6.82. The Kier molecular flexibility index (Phi) is 5.72. The first kappa shape index (κ1) is 14.3. The van der Waals surface area contributed by atoms with Crippen LogP contribution in [0.5, 0.6) is 0 Å². The molecule has 1 N–H and O–H groups in total. The number of alkyl halides is 1. The molecule has 0 heterocycles. The molecule has 0 saturated heterocycles. The van der Waals surface area contributed by atoms with Gasteiger partial charge < -0.3 is 5.32 Å². The summed E-state index contributed by atoms with van der Waals surface area (Å²) in [6.45, 7) is 1.94. The Hall–Kier alpha value is -0.800. The highest BCUT2D eigenvalue weighted by atomic mass is 35.5. The van der Waals surface area contributed by atoms with Crippen molar-refractivity contribution in [3.63, 3.8) is 0 Å². The van der Waals surface area contributed by atoms with Crippen molar-refractivity contribution in [2.45, 2.75) is 25.8 Å². The summed E-state index contributed by atoms with van der Waals surface area (Å²) in [5.41, 5.74) is -0.0366. The summed E-state index contributed by atoms with van der Waals surface area (Å²) in [4.78, 5) is 11.8. The van der Waals surface area contributed by atoms with E-state index in [1.54, 1.807) is 6.07 Å². The number of carbonyl (C=O) groups is 1. The van der Waals surface area contributed by atoms with Crippen LogP contribution in [0.1, 0.15) is 30.1 Å². The number of hydrogen-bond acceptors (Lipinski definition) is 1. The molecule has 0 radical (unpaired) electrons. The van der Waals surface area contributed by atoms with Crippen molar-refractivity contribution in [1.29, 1.82) is 0 Å². The number of amides is 1. The summed E-state index contributed by atoms with van der Waals surface area (Å²) in [6, 6.07) is 4.31. The molecule has 1 atom stereocenters. The Morgan fingerprint density at radius 3 is 2.82 bits per heavy atom. The molecule has 2 nitrogen and oxygen atoms in total. The normalized spacial score (nSPS) is 12.2. The number of carbonyl (C=O) groups excluding carboxylic acids is 1. The molecule has 1 aromatic carbocycles. The zero-order chi connectivity index (χ0) is 12.8. The van der Waals surface area contributed by atoms with E-state index in [4.69, 9.17) is 23.2 Å². The number of hydrogen-bond donors (Lipinski definition) is 1. The van der Waals surface area contributed by atoms with Crippen molar-refractivity contribution < 1.29 is 9.18 Å². The first-order chi connectivity index (χ1) is 8.10. The molecule has 1 rings (SSSR count). The maximum atomic E-state index is 13.6. The van der Waals surface area contributed by atoms with Gasteiger partial charge >= 0.3 is 0 Å². The molecule has 0 spiro atoms. The van der Waals surface area contributed by atoms with E-state index < -0.39 is 11.7 Å². The summed E-state index contributed by atoms with van der Waals surface area (Å²) < 4.78 is 13.6. The van der Waals surface area contributed by atoms with E-state index in [9.17, 15) is 9.18 Å². The monoisotopic (exact) mass is 277 g/mol. The van der Waals surface area contributed by atoms with E-state index in [1.807, 2.05) is 6.92 Å². The zero-order valence-electron chi connectivity index (χ0n) is 9.47. The first-order valence-electron chi connectivity index (χ1n) is 5.41. The zero-order valence-corrected chi connectivity index (χ0v) is 11.0. The fourth-order valence-corrected chi connectivity index (χ4v) is 1.89. The molecular weight excluding hydrogens is 264 g/mol. The summed E-state index contributed by atoms with van der Waals surface area (Å²) >= 11 is 11.2. The van der Waals surface area contributed by atoms with E-state index in [2.05, 4.69) is 5.32 Å². The third-order valence-electron chi connectivity index (χ3n) is 2.48. The van der Waals surface area contributed by atoms with E-state index in [0.29, 0.717) is 12.3 Å². The van der Waals surface area contributed by atoms with Crippen LogP contribution in [0.15, 0.2) is 18.2 Å². The molecule has 5 heteroatoms. The third-order valence-corrected chi connectivity index (χ3v) is 2.99. The molecule has 1 aromatic rings. The van der Waals surface area contributed by atoms with Crippen molar-refractivity contribution in [2.24, 2.45) is 0 Å². The van der Waals surface area contributed by atoms with Gasteiger partial charge in [-0.15, -0.1) is 11.6 Å². The van der Waals surface area contributed by atoms with Crippen LogP contribution in [-0.4, -0.2) is 17.8 Å². The van der Waals surface area contributed by atoms with Crippen LogP contribution in [0.2, 0.25) is 5.02 Å². The summed E-state index contributed by atoms with van der Waals surface area (Å²) in [7, 11) is 0. The predicted octanol–water partition coefficient (Wildman–Crippen LogP) is 3.62. The van der Waals surface area contributed by atoms with Crippen LogP contribution in [-0.2, 0) is 0 Å². The minimum Gasteiger partial charge on any atom is -0.349 e. The molecule has 1 unspecified atom stereocenters. The highest BCUT2D eigenvalue weighted by Gasteiger charge is 2.16. The fraction of sp³-hybridized carbons (Fsp3) is 0.417. The first-order valence-corrected chi connectivity index (χ1v) is 6.32. The summed E-state index contributed by atoms with van der Waals surface area (Å²) in [5.74, 6) is -0.689. The Bertz CT molecular complexity index is 398. The summed E-state index contributed by atoms with van der Waals surface area (Å²) in [6.07, 6.45) is 1.41.